The van der Waals surface area contributed by atoms with Gasteiger partial charge in [0.2, 0.25) is 11.8 Å². The van der Waals surface area contributed by atoms with E-state index in [4.69, 9.17) is 0 Å². The summed E-state index contributed by atoms with van der Waals surface area (Å²) < 4.78 is 13.1. The van der Waals surface area contributed by atoms with Crippen LogP contribution in [0.2, 0.25) is 0 Å². The average molecular weight is 387 g/mol. The normalized spacial score (nSPS) is 24.5. The van der Waals surface area contributed by atoms with Crippen LogP contribution in [0.5, 0.6) is 0 Å². The summed E-state index contributed by atoms with van der Waals surface area (Å²) >= 11 is 1.33. The highest BCUT2D eigenvalue weighted by Crippen LogP contribution is 2.40. The number of piperidine rings is 1. The van der Waals surface area contributed by atoms with E-state index < -0.39 is 6.04 Å². The fraction of sp³-hybridized carbons (Fsp3) is 0.450. The summed E-state index contributed by atoms with van der Waals surface area (Å²) in [5.41, 5.74) is 1.49. The number of carbonyl (C=O) groups excluding carboxylic acids is 2. The van der Waals surface area contributed by atoms with Crippen molar-refractivity contribution in [2.45, 2.75) is 38.6 Å². The van der Waals surface area contributed by atoms with Gasteiger partial charge in [0.25, 0.3) is 0 Å². The number of anilines is 1. The highest BCUT2D eigenvalue weighted by atomic mass is 32.1. The number of halogens is 1. The van der Waals surface area contributed by atoms with E-state index in [1.54, 1.807) is 17.0 Å². The van der Waals surface area contributed by atoms with E-state index in [1.807, 2.05) is 5.38 Å². The standard InChI is InChI=1S/C20H22FN3O2S/c1-12-10-15(12)19(26)24-9-3-2-4-17(24)18(25)23-20-22-16(11-27-20)13-5-7-14(21)8-6-13/h5-8,11-12,15,17H,2-4,9-10H2,1H3,(H,22,23,25)/t12-,15+,17-/m1/s1. The zero-order chi connectivity index (χ0) is 19.0. The topological polar surface area (TPSA) is 62.3 Å². The van der Waals surface area contributed by atoms with Crippen LogP contribution in [0.25, 0.3) is 11.3 Å². The Hall–Kier alpha value is -2.28. The molecule has 1 saturated heterocycles. The molecule has 0 unspecified atom stereocenters. The zero-order valence-electron chi connectivity index (χ0n) is 15.2. The number of nitrogens with zero attached hydrogens (tertiary/aromatic N) is 2. The molecular formula is C20H22FN3O2S. The first kappa shape index (κ1) is 18.1. The maximum Gasteiger partial charge on any atom is 0.248 e. The van der Waals surface area contributed by atoms with Crippen molar-refractivity contribution in [3.63, 3.8) is 0 Å². The van der Waals surface area contributed by atoms with Gasteiger partial charge in [-0.3, -0.25) is 9.59 Å². The monoisotopic (exact) mass is 387 g/mol. The molecule has 5 nitrogen and oxygen atoms in total. The Morgan fingerprint density at radius 1 is 1.26 bits per heavy atom. The van der Waals surface area contributed by atoms with Crippen LogP contribution in [-0.2, 0) is 9.59 Å². The van der Waals surface area contributed by atoms with Gasteiger partial charge in [-0.25, -0.2) is 9.37 Å². The quantitative estimate of drug-likeness (QED) is 0.865. The average Bonchev–Trinajstić information content (AvgIpc) is 3.23. The van der Waals surface area contributed by atoms with Crippen LogP contribution in [0, 0.1) is 17.7 Å². The van der Waals surface area contributed by atoms with Crippen LogP contribution in [0.1, 0.15) is 32.6 Å². The first-order valence-corrected chi connectivity index (χ1v) is 10.2. The molecule has 0 bridgehead atoms. The smallest absolute Gasteiger partial charge is 0.248 e. The van der Waals surface area contributed by atoms with Gasteiger partial charge in [-0.1, -0.05) is 6.92 Å². The lowest BCUT2D eigenvalue weighted by Gasteiger charge is -2.34. The predicted molar refractivity (Wildman–Crippen MR) is 103 cm³/mol. The van der Waals surface area contributed by atoms with Gasteiger partial charge in [-0.15, -0.1) is 11.3 Å². The molecule has 2 heterocycles. The molecule has 1 saturated carbocycles. The lowest BCUT2D eigenvalue weighted by atomic mass is 10.0. The van der Waals surface area contributed by atoms with E-state index in [0.29, 0.717) is 29.7 Å². The molecule has 1 N–H and O–H groups in total. The van der Waals surface area contributed by atoms with E-state index in [-0.39, 0.29) is 23.5 Å². The van der Waals surface area contributed by atoms with Crippen LogP contribution in [0.4, 0.5) is 9.52 Å². The van der Waals surface area contributed by atoms with Crippen molar-refractivity contribution in [2.24, 2.45) is 11.8 Å². The van der Waals surface area contributed by atoms with Crippen molar-refractivity contribution >= 4 is 28.3 Å². The predicted octanol–water partition coefficient (Wildman–Crippen LogP) is 3.92. The lowest BCUT2D eigenvalue weighted by molar-refractivity contribution is -0.141. The van der Waals surface area contributed by atoms with Crippen LogP contribution in [0.15, 0.2) is 29.6 Å². The van der Waals surface area contributed by atoms with Gasteiger partial charge < -0.3 is 10.2 Å². The molecule has 2 fully saturated rings. The second-order valence-corrected chi connectivity index (χ2v) is 8.25. The second kappa shape index (κ2) is 7.38. The van der Waals surface area contributed by atoms with Gasteiger partial charge >= 0.3 is 0 Å². The minimum absolute atomic E-state index is 0.0864. The Kier molecular flexibility index (Phi) is 4.95. The molecule has 0 radical (unpaired) electrons. The molecule has 1 aromatic heterocycles. The van der Waals surface area contributed by atoms with Gasteiger partial charge in [-0.2, -0.15) is 0 Å². The minimum Gasteiger partial charge on any atom is -0.330 e. The number of thiazole rings is 1. The number of benzene rings is 1. The van der Waals surface area contributed by atoms with E-state index in [1.165, 1.54) is 23.5 Å². The summed E-state index contributed by atoms with van der Waals surface area (Å²) in [7, 11) is 0. The van der Waals surface area contributed by atoms with Gasteiger partial charge in [0.05, 0.1) is 5.69 Å². The Morgan fingerprint density at radius 2 is 2.00 bits per heavy atom. The third-order valence-corrected chi connectivity index (χ3v) is 6.15. The summed E-state index contributed by atoms with van der Waals surface area (Å²) in [6.45, 7) is 2.73. The lowest BCUT2D eigenvalue weighted by Crippen LogP contribution is -2.50. The summed E-state index contributed by atoms with van der Waals surface area (Å²) in [4.78, 5) is 31.7. The molecule has 1 aromatic carbocycles. The molecule has 3 atom stereocenters. The molecule has 4 rings (SSSR count). The molecular weight excluding hydrogens is 365 g/mol. The van der Waals surface area contributed by atoms with Gasteiger partial charge in [0.1, 0.15) is 11.9 Å². The summed E-state index contributed by atoms with van der Waals surface area (Å²) in [5.74, 6) is 0.170. The minimum atomic E-state index is -0.419. The molecule has 2 aliphatic rings. The number of rotatable bonds is 4. The number of amides is 2. The fourth-order valence-electron chi connectivity index (χ4n) is 3.62. The van der Waals surface area contributed by atoms with Gasteiger partial charge in [0.15, 0.2) is 5.13 Å². The SMILES string of the molecule is C[C@@H]1C[C@@H]1C(=O)N1CCCC[C@@H]1C(=O)Nc1nc(-c2ccc(F)cc2)cs1. The Bertz CT molecular complexity index is 851. The first-order chi connectivity index (χ1) is 13.0. The Balaban J connectivity index is 1.44. The van der Waals surface area contributed by atoms with Gasteiger partial charge in [0, 0.05) is 23.4 Å². The third kappa shape index (κ3) is 3.88. The van der Waals surface area contributed by atoms with Crippen LogP contribution in [-0.4, -0.2) is 34.3 Å². The number of likely N-dealkylation sites (tertiary alicyclic amines) is 1. The van der Waals surface area contributed by atoms with Crippen LogP contribution in [0.3, 0.4) is 0 Å². The van der Waals surface area contributed by atoms with Crippen molar-refractivity contribution < 1.29 is 14.0 Å². The molecule has 1 aliphatic carbocycles. The van der Waals surface area contributed by atoms with Crippen molar-refractivity contribution in [2.75, 3.05) is 11.9 Å². The maximum absolute atomic E-state index is 13.1. The van der Waals surface area contributed by atoms with Gasteiger partial charge in [-0.05, 0) is 55.9 Å². The zero-order valence-corrected chi connectivity index (χ0v) is 16.0. The summed E-state index contributed by atoms with van der Waals surface area (Å²) in [5, 5.41) is 5.20. The van der Waals surface area contributed by atoms with Crippen LogP contribution >= 0.6 is 11.3 Å². The highest BCUT2D eigenvalue weighted by Gasteiger charge is 2.44. The number of hydrogen-bond donors (Lipinski definition) is 1. The van der Waals surface area contributed by atoms with Crippen molar-refractivity contribution in [3.05, 3.63) is 35.5 Å². The number of hydrogen-bond acceptors (Lipinski definition) is 4. The first-order valence-electron chi connectivity index (χ1n) is 9.36. The molecule has 2 amide bonds. The Morgan fingerprint density at radius 3 is 2.70 bits per heavy atom. The van der Waals surface area contributed by atoms with Crippen molar-refractivity contribution in [1.82, 2.24) is 9.88 Å². The molecule has 27 heavy (non-hydrogen) atoms. The number of carbonyl (C=O) groups is 2. The van der Waals surface area contributed by atoms with E-state index in [2.05, 4.69) is 17.2 Å². The van der Waals surface area contributed by atoms with E-state index >= 15 is 0 Å². The van der Waals surface area contributed by atoms with Crippen LogP contribution < -0.4 is 5.32 Å². The maximum atomic E-state index is 13.1. The number of aromatic nitrogens is 1. The highest BCUT2D eigenvalue weighted by molar-refractivity contribution is 7.14. The summed E-state index contributed by atoms with van der Waals surface area (Å²) in [6.07, 6.45) is 3.51. The van der Waals surface area contributed by atoms with Crippen molar-refractivity contribution in [3.8, 4) is 11.3 Å². The van der Waals surface area contributed by atoms with Crippen molar-refractivity contribution in [1.29, 1.82) is 0 Å². The van der Waals surface area contributed by atoms with E-state index in [9.17, 15) is 14.0 Å². The molecule has 2 aromatic rings. The molecule has 7 heteroatoms. The van der Waals surface area contributed by atoms with E-state index in [0.717, 1.165) is 24.8 Å². The fourth-order valence-corrected chi connectivity index (χ4v) is 4.34. The third-order valence-electron chi connectivity index (χ3n) is 5.39. The molecule has 142 valence electrons. The molecule has 1 aliphatic heterocycles. The Labute approximate surface area is 161 Å². The molecule has 0 spiro atoms. The number of nitrogens with one attached hydrogen (secondary N) is 1. The second-order valence-electron chi connectivity index (χ2n) is 7.40. The summed E-state index contributed by atoms with van der Waals surface area (Å²) in [6, 6.07) is 5.68. The largest absolute Gasteiger partial charge is 0.330 e.